The van der Waals surface area contributed by atoms with Gasteiger partial charge in [0, 0.05) is 14.6 Å². The van der Waals surface area contributed by atoms with Crippen molar-refractivity contribution >= 4 is 59.4 Å². The van der Waals surface area contributed by atoms with Crippen molar-refractivity contribution in [1.29, 1.82) is 0 Å². The van der Waals surface area contributed by atoms with E-state index < -0.39 is 0 Å². The van der Waals surface area contributed by atoms with Gasteiger partial charge in [-0.25, -0.2) is 0 Å². The van der Waals surface area contributed by atoms with Gasteiger partial charge in [-0.2, -0.15) is 0 Å². The van der Waals surface area contributed by atoms with Gasteiger partial charge in [-0.3, -0.25) is 4.79 Å². The van der Waals surface area contributed by atoms with Crippen LogP contribution in [0.25, 0.3) is 0 Å². The Balaban J connectivity index is 1.97. The molecule has 0 saturated heterocycles. The summed E-state index contributed by atoms with van der Waals surface area (Å²) in [4.78, 5) is 11.5. The van der Waals surface area contributed by atoms with E-state index in [0.717, 1.165) is 31.3 Å². The van der Waals surface area contributed by atoms with Crippen molar-refractivity contribution in [2.24, 2.45) is 0 Å². The number of nitrogens with one attached hydrogen (secondary N) is 1. The molecule has 0 radical (unpaired) electrons. The molecule has 3 rings (SSSR count). The van der Waals surface area contributed by atoms with Crippen molar-refractivity contribution in [3.8, 4) is 0 Å². The highest BCUT2D eigenvalue weighted by Gasteiger charge is 2.20. The van der Waals surface area contributed by atoms with E-state index in [9.17, 15) is 4.79 Å². The largest absolute Gasteiger partial charge is 0.326 e. The zero-order valence-corrected chi connectivity index (χ0v) is 15.0. The first-order valence-electron chi connectivity index (χ1n) is 6.06. The SMILES string of the molecule is O=C1Cc2cc(C(Br)c3ccc(Br)cc3Br)ccc2N1. The number of hydrogen-bond donors (Lipinski definition) is 1. The van der Waals surface area contributed by atoms with Gasteiger partial charge in [-0.1, -0.05) is 66.0 Å². The van der Waals surface area contributed by atoms with Gasteiger partial charge in [0.2, 0.25) is 5.91 Å². The average Bonchev–Trinajstić information content (AvgIpc) is 2.77. The van der Waals surface area contributed by atoms with Crippen LogP contribution in [0.3, 0.4) is 0 Å². The molecule has 2 aromatic rings. The highest BCUT2D eigenvalue weighted by Crippen LogP contribution is 2.38. The molecular weight excluding hydrogens is 450 g/mol. The Hall–Kier alpha value is -0.650. The lowest BCUT2D eigenvalue weighted by Crippen LogP contribution is -2.03. The molecule has 0 aliphatic carbocycles. The van der Waals surface area contributed by atoms with Gasteiger partial charge in [-0.15, -0.1) is 0 Å². The molecule has 1 N–H and O–H groups in total. The van der Waals surface area contributed by atoms with E-state index in [1.807, 2.05) is 24.3 Å². The van der Waals surface area contributed by atoms with E-state index >= 15 is 0 Å². The Kier molecular flexibility index (Phi) is 4.02. The van der Waals surface area contributed by atoms with Crippen LogP contribution in [-0.4, -0.2) is 5.91 Å². The maximum atomic E-state index is 11.4. The lowest BCUT2D eigenvalue weighted by Gasteiger charge is -2.14. The zero-order chi connectivity index (χ0) is 14.3. The maximum Gasteiger partial charge on any atom is 0.228 e. The van der Waals surface area contributed by atoms with Crippen LogP contribution in [0.5, 0.6) is 0 Å². The lowest BCUT2D eigenvalue weighted by molar-refractivity contribution is -0.115. The molecule has 0 aromatic heterocycles. The van der Waals surface area contributed by atoms with Gasteiger partial charge < -0.3 is 5.32 Å². The van der Waals surface area contributed by atoms with E-state index in [1.54, 1.807) is 0 Å². The predicted octanol–water partition coefficient (Wildman–Crippen LogP) is 5.19. The second kappa shape index (κ2) is 5.62. The van der Waals surface area contributed by atoms with Gasteiger partial charge in [0.05, 0.1) is 11.2 Å². The number of anilines is 1. The Bertz CT molecular complexity index is 700. The van der Waals surface area contributed by atoms with Crippen molar-refractivity contribution in [2.75, 3.05) is 5.32 Å². The molecule has 1 aliphatic rings. The third-order valence-electron chi connectivity index (χ3n) is 3.28. The number of hydrogen-bond acceptors (Lipinski definition) is 1. The number of benzene rings is 2. The second-order valence-electron chi connectivity index (χ2n) is 4.67. The normalized spacial score (nSPS) is 14.8. The first-order chi connectivity index (χ1) is 9.54. The highest BCUT2D eigenvalue weighted by molar-refractivity contribution is 9.11. The summed E-state index contributed by atoms with van der Waals surface area (Å²) in [5, 5.41) is 2.85. The number of fused-ring (bicyclic) bond motifs is 1. The third kappa shape index (κ3) is 2.71. The predicted molar refractivity (Wildman–Crippen MR) is 91.4 cm³/mol. The maximum absolute atomic E-state index is 11.4. The molecule has 1 aliphatic heterocycles. The molecule has 102 valence electrons. The van der Waals surface area contributed by atoms with Crippen LogP contribution in [0.2, 0.25) is 0 Å². The average molecular weight is 460 g/mol. The van der Waals surface area contributed by atoms with Gasteiger partial charge in [0.25, 0.3) is 0 Å². The smallest absolute Gasteiger partial charge is 0.228 e. The third-order valence-corrected chi connectivity index (χ3v) is 5.48. The Morgan fingerprint density at radius 1 is 1.10 bits per heavy atom. The van der Waals surface area contributed by atoms with Crippen LogP contribution in [0.4, 0.5) is 5.69 Å². The van der Waals surface area contributed by atoms with Gasteiger partial charge in [0.15, 0.2) is 0 Å². The molecule has 1 unspecified atom stereocenters. The summed E-state index contributed by atoms with van der Waals surface area (Å²) in [5.41, 5.74) is 4.28. The molecule has 5 heteroatoms. The summed E-state index contributed by atoms with van der Waals surface area (Å²) in [6.07, 6.45) is 0.463. The van der Waals surface area contributed by atoms with Crippen LogP contribution >= 0.6 is 47.8 Å². The fourth-order valence-corrected chi connectivity index (χ4v) is 4.56. The van der Waals surface area contributed by atoms with Crippen molar-refractivity contribution in [2.45, 2.75) is 11.2 Å². The number of amides is 1. The van der Waals surface area contributed by atoms with E-state index in [2.05, 4.69) is 65.2 Å². The Morgan fingerprint density at radius 2 is 1.90 bits per heavy atom. The summed E-state index contributed by atoms with van der Waals surface area (Å²) in [5.74, 6) is 0.0631. The molecule has 2 nitrogen and oxygen atoms in total. The minimum atomic E-state index is 0.0631. The van der Waals surface area contributed by atoms with Crippen molar-refractivity contribution < 1.29 is 4.79 Å². The van der Waals surface area contributed by atoms with Gasteiger partial charge >= 0.3 is 0 Å². The summed E-state index contributed by atoms with van der Waals surface area (Å²) in [7, 11) is 0. The molecule has 2 aromatic carbocycles. The first-order valence-corrected chi connectivity index (χ1v) is 8.56. The van der Waals surface area contributed by atoms with E-state index in [0.29, 0.717) is 6.42 Å². The van der Waals surface area contributed by atoms with Crippen LogP contribution in [0.1, 0.15) is 21.5 Å². The van der Waals surface area contributed by atoms with Gasteiger partial charge in [0.1, 0.15) is 0 Å². The molecule has 0 saturated carbocycles. The number of rotatable bonds is 2. The van der Waals surface area contributed by atoms with Gasteiger partial charge in [-0.05, 0) is 34.9 Å². The van der Waals surface area contributed by atoms with Crippen LogP contribution in [0.15, 0.2) is 45.3 Å². The molecule has 0 bridgehead atoms. The summed E-state index contributed by atoms with van der Waals surface area (Å²) < 4.78 is 2.08. The summed E-state index contributed by atoms with van der Waals surface area (Å²) >= 11 is 10.8. The highest BCUT2D eigenvalue weighted by atomic mass is 79.9. The van der Waals surface area contributed by atoms with E-state index in [4.69, 9.17) is 0 Å². The quantitative estimate of drug-likeness (QED) is 0.615. The number of carbonyl (C=O) groups excluding carboxylic acids is 1. The molecule has 1 heterocycles. The lowest BCUT2D eigenvalue weighted by atomic mass is 10.0. The Labute approximate surface area is 142 Å². The van der Waals surface area contributed by atoms with E-state index in [-0.39, 0.29) is 10.7 Å². The summed E-state index contributed by atoms with van der Waals surface area (Å²) in [6.45, 7) is 0. The topological polar surface area (TPSA) is 29.1 Å². The van der Waals surface area contributed by atoms with Crippen molar-refractivity contribution in [3.63, 3.8) is 0 Å². The van der Waals surface area contributed by atoms with Crippen LogP contribution in [-0.2, 0) is 11.2 Å². The zero-order valence-electron chi connectivity index (χ0n) is 10.3. The van der Waals surface area contributed by atoms with E-state index in [1.165, 1.54) is 0 Å². The number of halogens is 3. The Morgan fingerprint density at radius 3 is 2.65 bits per heavy atom. The first kappa shape index (κ1) is 14.3. The van der Waals surface area contributed by atoms with Crippen LogP contribution < -0.4 is 5.32 Å². The van der Waals surface area contributed by atoms with Crippen molar-refractivity contribution in [3.05, 3.63) is 62.0 Å². The van der Waals surface area contributed by atoms with Crippen molar-refractivity contribution in [1.82, 2.24) is 0 Å². The summed E-state index contributed by atoms with van der Waals surface area (Å²) in [6, 6.07) is 12.2. The monoisotopic (exact) mass is 457 g/mol. The fraction of sp³-hybridized carbons (Fsp3) is 0.133. The fourth-order valence-electron chi connectivity index (χ4n) is 2.29. The molecule has 1 atom stereocenters. The molecular formula is C15H10Br3NO. The minimum absolute atomic E-state index is 0.0631. The molecule has 20 heavy (non-hydrogen) atoms. The second-order valence-corrected chi connectivity index (χ2v) is 7.36. The minimum Gasteiger partial charge on any atom is -0.326 e. The number of alkyl halides is 1. The molecule has 0 fully saturated rings. The number of carbonyl (C=O) groups is 1. The standard InChI is InChI=1S/C15H10Br3NO/c16-10-2-3-11(12(17)7-10)15(18)8-1-4-13-9(5-8)6-14(20)19-13/h1-5,7,15H,6H2,(H,19,20). The van der Waals surface area contributed by atoms with Crippen LogP contribution in [0, 0.1) is 0 Å². The molecule has 1 amide bonds. The molecule has 0 spiro atoms.